The molecule has 0 saturated heterocycles. The molecule has 1 nitrogen and oxygen atoms in total. The standard InChI is InChI=1S/C2H6BN/c3-1-2-4/h2,4H,1,3H2. The molecule has 0 heterocycles. The van der Waals surface area contributed by atoms with Gasteiger partial charge in [0.25, 0.3) is 0 Å². The lowest BCUT2D eigenvalue weighted by atomic mass is 10.1. The van der Waals surface area contributed by atoms with E-state index < -0.39 is 0 Å². The summed E-state index contributed by atoms with van der Waals surface area (Å²) in [5.41, 5.74) is 0. The highest BCUT2D eigenvalue weighted by atomic mass is 14.3. The number of hydrogen-bond acceptors (Lipinski definition) is 1. The van der Waals surface area contributed by atoms with Crippen LogP contribution in [0, 0.1) is 5.41 Å². The van der Waals surface area contributed by atoms with E-state index in [4.69, 9.17) is 5.41 Å². The van der Waals surface area contributed by atoms with Crippen molar-refractivity contribution in [1.82, 2.24) is 0 Å². The van der Waals surface area contributed by atoms with Crippen LogP contribution in [0.25, 0.3) is 0 Å². The van der Waals surface area contributed by atoms with Gasteiger partial charge in [-0.25, -0.2) is 0 Å². The summed E-state index contributed by atoms with van der Waals surface area (Å²) in [6.45, 7) is 0. The first kappa shape index (κ1) is 3.73. The van der Waals surface area contributed by atoms with E-state index in [1.54, 1.807) is 0 Å². The highest BCUT2D eigenvalue weighted by molar-refractivity contribution is 6.16. The molecule has 0 aliphatic rings. The van der Waals surface area contributed by atoms with Gasteiger partial charge in [-0.15, -0.1) is 0 Å². The molecule has 1 N–H and O–H groups in total. The molecular formula is C2H6BN. The predicted molar refractivity (Wildman–Crippen MR) is 22.1 cm³/mol. The van der Waals surface area contributed by atoms with Crippen LogP contribution in [0.4, 0.5) is 0 Å². The van der Waals surface area contributed by atoms with Gasteiger partial charge in [0, 0.05) is 0 Å². The van der Waals surface area contributed by atoms with Crippen molar-refractivity contribution in [2.24, 2.45) is 0 Å². The Labute approximate surface area is 26.9 Å². The molecule has 0 aromatic carbocycles. The van der Waals surface area contributed by atoms with Crippen LogP contribution in [0.1, 0.15) is 0 Å². The Bertz CT molecular complexity index is 20.0. The fourth-order valence-corrected chi connectivity index (χ4v) is 0. The van der Waals surface area contributed by atoms with E-state index in [2.05, 4.69) is 0 Å². The second-order valence-electron chi connectivity index (χ2n) is 0.612. The molecule has 0 aromatic heterocycles. The van der Waals surface area contributed by atoms with Crippen molar-refractivity contribution in [3.05, 3.63) is 0 Å². The zero-order valence-corrected chi connectivity index (χ0v) is 2.78. The second kappa shape index (κ2) is 2.73. The lowest BCUT2D eigenvalue weighted by Crippen LogP contribution is -1.59. The molecular weight excluding hydrogens is 48.8 g/mol. The number of rotatable bonds is 1. The fourth-order valence-electron chi connectivity index (χ4n) is 0. The summed E-state index contributed by atoms with van der Waals surface area (Å²) in [6, 6.07) is 0. The van der Waals surface area contributed by atoms with Crippen molar-refractivity contribution in [2.45, 2.75) is 6.32 Å². The van der Waals surface area contributed by atoms with Crippen LogP contribution >= 0.6 is 0 Å². The SMILES string of the molecule is BCC=N. The summed E-state index contributed by atoms with van der Waals surface area (Å²) < 4.78 is 0. The van der Waals surface area contributed by atoms with Gasteiger partial charge in [-0.2, -0.15) is 0 Å². The van der Waals surface area contributed by atoms with E-state index in [-0.39, 0.29) is 0 Å². The van der Waals surface area contributed by atoms with Crippen molar-refractivity contribution in [2.75, 3.05) is 0 Å². The Morgan fingerprint density at radius 2 is 2.25 bits per heavy atom. The maximum atomic E-state index is 6.33. The van der Waals surface area contributed by atoms with E-state index >= 15 is 0 Å². The lowest BCUT2D eigenvalue weighted by molar-refractivity contribution is 1.55. The van der Waals surface area contributed by atoms with Gasteiger partial charge in [0.2, 0.25) is 0 Å². The van der Waals surface area contributed by atoms with Gasteiger partial charge >= 0.3 is 0 Å². The normalized spacial score (nSPS) is 6.00. The third kappa shape index (κ3) is 1.73. The van der Waals surface area contributed by atoms with Crippen molar-refractivity contribution < 1.29 is 0 Å². The zero-order chi connectivity index (χ0) is 3.41. The van der Waals surface area contributed by atoms with Crippen LogP contribution in [0.15, 0.2) is 0 Å². The fraction of sp³-hybridized carbons (Fsp3) is 0.500. The third-order valence-corrected chi connectivity index (χ3v) is 0.204. The van der Waals surface area contributed by atoms with Gasteiger partial charge in [-0.3, -0.25) is 0 Å². The van der Waals surface area contributed by atoms with Crippen molar-refractivity contribution in [1.29, 1.82) is 5.41 Å². The summed E-state index contributed by atoms with van der Waals surface area (Å²) in [4.78, 5) is 0. The Kier molecular flexibility index (Phi) is 2.55. The molecule has 0 radical (unpaired) electrons. The molecule has 0 aromatic rings. The maximum Gasteiger partial charge on any atom is 0.108 e. The van der Waals surface area contributed by atoms with E-state index in [9.17, 15) is 0 Å². The van der Waals surface area contributed by atoms with Crippen LogP contribution < -0.4 is 0 Å². The highest BCUT2D eigenvalue weighted by Gasteiger charge is 1.49. The first-order valence-corrected chi connectivity index (χ1v) is 1.40. The van der Waals surface area contributed by atoms with Gasteiger partial charge in [0.1, 0.15) is 7.85 Å². The molecule has 0 aliphatic carbocycles. The molecule has 0 fully saturated rings. The average Bonchev–Trinajstić information content (AvgIpc) is 1.37. The molecule has 22 valence electrons. The minimum Gasteiger partial charge on any atom is -0.314 e. The van der Waals surface area contributed by atoms with Gasteiger partial charge in [0.05, 0.1) is 0 Å². The summed E-state index contributed by atoms with van der Waals surface area (Å²) in [5.74, 6) is 0. The van der Waals surface area contributed by atoms with E-state index in [0.717, 1.165) is 6.32 Å². The highest BCUT2D eigenvalue weighted by Crippen LogP contribution is 1.47. The summed E-state index contributed by atoms with van der Waals surface area (Å²) in [6.07, 6.45) is 2.24. The van der Waals surface area contributed by atoms with Crippen LogP contribution in [0.2, 0.25) is 6.32 Å². The average molecular weight is 54.9 g/mol. The molecule has 4 heavy (non-hydrogen) atoms. The number of hydrogen-bond donors (Lipinski definition) is 1. The largest absolute Gasteiger partial charge is 0.314 e. The van der Waals surface area contributed by atoms with Gasteiger partial charge in [0.15, 0.2) is 0 Å². The first-order valence-electron chi connectivity index (χ1n) is 1.40. The van der Waals surface area contributed by atoms with Crippen LogP contribution in [0.5, 0.6) is 0 Å². The molecule has 0 aliphatic heterocycles. The molecule has 0 spiro atoms. The van der Waals surface area contributed by atoms with Crippen LogP contribution in [-0.4, -0.2) is 14.1 Å². The second-order valence-corrected chi connectivity index (χ2v) is 0.612. The van der Waals surface area contributed by atoms with E-state index in [0.29, 0.717) is 0 Å². The van der Waals surface area contributed by atoms with Crippen molar-refractivity contribution in [3.63, 3.8) is 0 Å². The lowest BCUT2D eigenvalue weighted by Gasteiger charge is -1.54. The molecule has 0 bridgehead atoms. The Hall–Kier alpha value is -0.265. The molecule has 0 atom stereocenters. The van der Waals surface area contributed by atoms with Gasteiger partial charge < -0.3 is 5.41 Å². The van der Waals surface area contributed by atoms with Crippen LogP contribution in [-0.2, 0) is 0 Å². The Balaban J connectivity index is 2.30. The van der Waals surface area contributed by atoms with E-state index in [1.807, 2.05) is 7.85 Å². The monoisotopic (exact) mass is 55.1 g/mol. The molecule has 0 saturated carbocycles. The maximum absolute atomic E-state index is 6.33. The minimum absolute atomic E-state index is 0.861. The first-order chi connectivity index (χ1) is 1.91. The summed E-state index contributed by atoms with van der Waals surface area (Å²) >= 11 is 0. The van der Waals surface area contributed by atoms with Crippen molar-refractivity contribution >= 4 is 14.1 Å². The quantitative estimate of drug-likeness (QED) is 0.314. The van der Waals surface area contributed by atoms with E-state index in [1.165, 1.54) is 6.21 Å². The molecule has 0 unspecified atom stereocenters. The topological polar surface area (TPSA) is 23.9 Å². The molecule has 0 amide bonds. The summed E-state index contributed by atoms with van der Waals surface area (Å²) in [5, 5.41) is 6.33. The summed E-state index contributed by atoms with van der Waals surface area (Å²) in [7, 11) is 1.94. The minimum atomic E-state index is 0.861. The van der Waals surface area contributed by atoms with Gasteiger partial charge in [-0.1, -0.05) is 0 Å². The van der Waals surface area contributed by atoms with Crippen LogP contribution in [0.3, 0.4) is 0 Å². The molecule has 2 heteroatoms. The number of nitrogens with one attached hydrogen (secondary N) is 1. The Morgan fingerprint density at radius 3 is 2.25 bits per heavy atom. The smallest absolute Gasteiger partial charge is 0.108 e. The van der Waals surface area contributed by atoms with Crippen molar-refractivity contribution in [3.8, 4) is 0 Å². The predicted octanol–water partition coefficient (Wildman–Crippen LogP) is -0.313. The zero-order valence-electron chi connectivity index (χ0n) is 2.78. The van der Waals surface area contributed by atoms with Gasteiger partial charge in [-0.05, 0) is 12.5 Å². The third-order valence-electron chi connectivity index (χ3n) is 0.204. The molecule has 0 rings (SSSR count). The Morgan fingerprint density at radius 1 is 2.00 bits per heavy atom.